The summed E-state index contributed by atoms with van der Waals surface area (Å²) < 4.78 is 1.76. The number of carbonyl (C=O) groups excluding carboxylic acids is 1. The Morgan fingerprint density at radius 3 is 2.40 bits per heavy atom. The molecule has 0 aliphatic heterocycles. The number of fused-ring (bicyclic) bond motifs is 2. The molecule has 0 aliphatic carbocycles. The number of amides is 1. The number of hydrogen-bond donors (Lipinski definition) is 2. The van der Waals surface area contributed by atoms with Gasteiger partial charge in [0.1, 0.15) is 0 Å². The second kappa shape index (κ2) is 10.4. The maximum Gasteiger partial charge on any atom is 0.335 e. The second-order valence-electron chi connectivity index (χ2n) is 9.65. The van der Waals surface area contributed by atoms with Gasteiger partial charge in [-0.2, -0.15) is 5.10 Å². The molecule has 1 atom stereocenters. The average molecular weight is 528 g/mol. The summed E-state index contributed by atoms with van der Waals surface area (Å²) in [5.74, 6) is -1.24. The van der Waals surface area contributed by atoms with Crippen LogP contribution >= 0.6 is 0 Å². The van der Waals surface area contributed by atoms with Crippen molar-refractivity contribution >= 4 is 28.4 Å². The Labute approximate surface area is 230 Å². The number of rotatable bonds is 7. The predicted octanol–water partition coefficient (Wildman–Crippen LogP) is 5.72. The van der Waals surface area contributed by atoms with Gasteiger partial charge in [-0.3, -0.25) is 14.8 Å². The number of carbonyl (C=O) groups is 2. The number of benzene rings is 3. The molecule has 0 saturated carbocycles. The molecule has 0 fully saturated rings. The number of aromatic nitrogens is 4. The molecule has 1 amide bonds. The van der Waals surface area contributed by atoms with E-state index in [1.54, 1.807) is 35.2 Å². The molecule has 40 heavy (non-hydrogen) atoms. The van der Waals surface area contributed by atoms with E-state index in [0.717, 1.165) is 44.4 Å². The topological polar surface area (TPSA) is 109 Å². The number of nitrogens with one attached hydrogen (secondary N) is 1. The van der Waals surface area contributed by atoms with Crippen molar-refractivity contribution in [3.8, 4) is 11.1 Å². The van der Waals surface area contributed by atoms with Crippen LogP contribution in [0.25, 0.3) is 27.7 Å². The molecule has 0 spiro atoms. The maximum atomic E-state index is 13.8. The minimum atomic E-state index is -0.991. The van der Waals surface area contributed by atoms with Crippen LogP contribution in [-0.4, -0.2) is 36.6 Å². The van der Waals surface area contributed by atoms with Crippen LogP contribution in [0, 0.1) is 0 Å². The SMILES string of the molecule is C[C@H](NC(=O)c1cc(-c2ccccc2)cn2ncc(Cc3ccc4nccnc4c3)c12)c1ccc(C(=O)O)cc1. The van der Waals surface area contributed by atoms with Crippen LogP contribution in [0.2, 0.25) is 0 Å². The molecule has 6 rings (SSSR count). The fraction of sp³-hybridized carbons (Fsp3) is 0.0938. The van der Waals surface area contributed by atoms with E-state index in [9.17, 15) is 14.7 Å². The Balaban J connectivity index is 1.39. The first-order valence-corrected chi connectivity index (χ1v) is 12.9. The van der Waals surface area contributed by atoms with Crippen molar-refractivity contribution in [2.24, 2.45) is 0 Å². The zero-order valence-electron chi connectivity index (χ0n) is 21.7. The molecule has 0 bridgehead atoms. The maximum absolute atomic E-state index is 13.8. The lowest BCUT2D eigenvalue weighted by Crippen LogP contribution is -2.27. The Hall–Kier alpha value is -5.37. The summed E-state index contributed by atoms with van der Waals surface area (Å²) in [6.45, 7) is 1.87. The van der Waals surface area contributed by atoms with Gasteiger partial charge in [0.15, 0.2) is 0 Å². The van der Waals surface area contributed by atoms with Gasteiger partial charge in [0.05, 0.1) is 39.9 Å². The first kappa shape index (κ1) is 24.9. The normalized spacial score (nSPS) is 11.9. The molecular weight excluding hydrogens is 502 g/mol. The summed E-state index contributed by atoms with van der Waals surface area (Å²) in [6, 6.07) is 23.9. The predicted molar refractivity (Wildman–Crippen MR) is 152 cm³/mol. The highest BCUT2D eigenvalue weighted by molar-refractivity contribution is 6.03. The molecule has 8 heteroatoms. The molecule has 0 aliphatic rings. The monoisotopic (exact) mass is 527 g/mol. The van der Waals surface area contributed by atoms with Gasteiger partial charge < -0.3 is 10.4 Å². The first-order chi connectivity index (χ1) is 19.5. The van der Waals surface area contributed by atoms with E-state index in [2.05, 4.69) is 20.4 Å². The summed E-state index contributed by atoms with van der Waals surface area (Å²) in [7, 11) is 0. The van der Waals surface area contributed by atoms with Crippen LogP contribution < -0.4 is 5.32 Å². The number of carboxylic acid groups (broad SMARTS) is 1. The van der Waals surface area contributed by atoms with Gasteiger partial charge in [0, 0.05) is 36.1 Å². The third-order valence-electron chi connectivity index (χ3n) is 6.97. The van der Waals surface area contributed by atoms with Crippen molar-refractivity contribution in [2.75, 3.05) is 0 Å². The molecule has 0 unspecified atom stereocenters. The van der Waals surface area contributed by atoms with E-state index in [0.29, 0.717) is 12.0 Å². The number of nitrogens with zero attached hydrogens (tertiary/aromatic N) is 4. The van der Waals surface area contributed by atoms with E-state index in [4.69, 9.17) is 0 Å². The van der Waals surface area contributed by atoms with E-state index < -0.39 is 5.97 Å². The Bertz CT molecular complexity index is 1860. The smallest absolute Gasteiger partial charge is 0.335 e. The fourth-order valence-electron chi connectivity index (χ4n) is 4.89. The lowest BCUT2D eigenvalue weighted by Gasteiger charge is -2.16. The fourth-order valence-corrected chi connectivity index (χ4v) is 4.89. The number of hydrogen-bond acceptors (Lipinski definition) is 5. The van der Waals surface area contributed by atoms with Gasteiger partial charge in [-0.05, 0) is 53.9 Å². The zero-order chi connectivity index (χ0) is 27.6. The highest BCUT2D eigenvalue weighted by Crippen LogP contribution is 2.27. The van der Waals surface area contributed by atoms with Gasteiger partial charge in [-0.15, -0.1) is 0 Å². The van der Waals surface area contributed by atoms with Crippen molar-refractivity contribution in [3.63, 3.8) is 0 Å². The lowest BCUT2D eigenvalue weighted by atomic mass is 10.00. The van der Waals surface area contributed by atoms with Crippen LogP contribution in [0.5, 0.6) is 0 Å². The van der Waals surface area contributed by atoms with Gasteiger partial charge in [0.2, 0.25) is 0 Å². The Kier molecular flexibility index (Phi) is 6.49. The molecule has 2 N–H and O–H groups in total. The van der Waals surface area contributed by atoms with Crippen molar-refractivity contribution in [1.29, 1.82) is 0 Å². The standard InChI is InChI=1S/C32H25N5O3/c1-20(22-8-10-24(11-9-22)32(39)40)36-31(38)27-17-26(23-5-3-2-4-6-23)19-37-30(27)25(18-35-37)15-21-7-12-28-29(16-21)34-14-13-33-28/h2-14,16-20H,15H2,1H3,(H,36,38)(H,39,40)/t20-/m0/s1. The van der Waals surface area contributed by atoms with Gasteiger partial charge >= 0.3 is 5.97 Å². The molecule has 3 aromatic carbocycles. The van der Waals surface area contributed by atoms with Crippen LogP contribution in [0.4, 0.5) is 0 Å². The minimum Gasteiger partial charge on any atom is -0.478 e. The van der Waals surface area contributed by atoms with E-state index in [-0.39, 0.29) is 17.5 Å². The molecular formula is C32H25N5O3. The summed E-state index contributed by atoms with van der Waals surface area (Å²) in [5.41, 5.74) is 7.65. The highest BCUT2D eigenvalue weighted by atomic mass is 16.4. The van der Waals surface area contributed by atoms with E-state index in [1.807, 2.05) is 67.7 Å². The summed E-state index contributed by atoms with van der Waals surface area (Å²) in [6.07, 6.45) is 7.64. The summed E-state index contributed by atoms with van der Waals surface area (Å²) >= 11 is 0. The first-order valence-electron chi connectivity index (χ1n) is 12.9. The van der Waals surface area contributed by atoms with Crippen LogP contribution in [-0.2, 0) is 6.42 Å². The molecule has 8 nitrogen and oxygen atoms in total. The summed E-state index contributed by atoms with van der Waals surface area (Å²) in [4.78, 5) is 33.8. The minimum absolute atomic E-state index is 0.197. The molecule has 196 valence electrons. The van der Waals surface area contributed by atoms with Crippen molar-refractivity contribution in [3.05, 3.63) is 131 Å². The third-order valence-corrected chi connectivity index (χ3v) is 6.97. The number of pyridine rings is 1. The Morgan fingerprint density at radius 2 is 1.65 bits per heavy atom. The van der Waals surface area contributed by atoms with Crippen molar-refractivity contribution in [2.45, 2.75) is 19.4 Å². The lowest BCUT2D eigenvalue weighted by molar-refractivity contribution is 0.0696. The van der Waals surface area contributed by atoms with Gasteiger partial charge in [0.25, 0.3) is 5.91 Å². The van der Waals surface area contributed by atoms with Crippen LogP contribution in [0.3, 0.4) is 0 Å². The molecule has 0 saturated heterocycles. The molecule has 3 aromatic heterocycles. The van der Waals surface area contributed by atoms with E-state index >= 15 is 0 Å². The third kappa shape index (κ3) is 4.90. The molecule has 3 heterocycles. The van der Waals surface area contributed by atoms with E-state index in [1.165, 1.54) is 12.1 Å². The van der Waals surface area contributed by atoms with Crippen LogP contribution in [0.1, 0.15) is 50.4 Å². The Morgan fingerprint density at radius 1 is 0.900 bits per heavy atom. The number of aromatic carboxylic acids is 1. The number of carboxylic acids is 1. The van der Waals surface area contributed by atoms with Gasteiger partial charge in [-0.25, -0.2) is 9.31 Å². The zero-order valence-corrected chi connectivity index (χ0v) is 21.7. The molecule has 6 aromatic rings. The van der Waals surface area contributed by atoms with Crippen LogP contribution in [0.15, 0.2) is 104 Å². The quantitative estimate of drug-likeness (QED) is 0.275. The average Bonchev–Trinajstić information content (AvgIpc) is 3.39. The summed E-state index contributed by atoms with van der Waals surface area (Å²) in [5, 5.41) is 16.9. The highest BCUT2D eigenvalue weighted by Gasteiger charge is 2.20. The largest absolute Gasteiger partial charge is 0.478 e. The second-order valence-corrected chi connectivity index (χ2v) is 9.65. The van der Waals surface area contributed by atoms with Gasteiger partial charge in [-0.1, -0.05) is 48.5 Å². The molecule has 0 radical (unpaired) electrons. The van der Waals surface area contributed by atoms with Crippen molar-refractivity contribution < 1.29 is 14.7 Å². The van der Waals surface area contributed by atoms with Crippen molar-refractivity contribution in [1.82, 2.24) is 24.9 Å².